The third kappa shape index (κ3) is 5.89. The highest BCUT2D eigenvalue weighted by Crippen LogP contribution is 2.18. The maximum atomic E-state index is 8.54. The lowest BCUT2D eigenvalue weighted by atomic mass is 10.0. The smallest absolute Gasteiger partial charge is 0.119 e. The quantitative estimate of drug-likeness (QED) is 0.894. The molecule has 20 heavy (non-hydrogen) atoms. The van der Waals surface area contributed by atoms with Crippen molar-refractivity contribution in [3.8, 4) is 5.75 Å². The summed E-state index contributed by atoms with van der Waals surface area (Å²) < 4.78 is 5.34. The van der Waals surface area contributed by atoms with E-state index in [-0.39, 0.29) is 6.61 Å². The van der Waals surface area contributed by atoms with Crippen LogP contribution in [-0.4, -0.2) is 11.7 Å². The Labute approximate surface area is 122 Å². The normalized spacial score (nSPS) is 9.85. The van der Waals surface area contributed by atoms with E-state index >= 15 is 0 Å². The van der Waals surface area contributed by atoms with Crippen LogP contribution in [0, 0.1) is 0 Å². The standard InChI is InChI=1S/C11H16O.C7H8O/c1-4-12-11-7-5-10(6-8-11)9(2)3;8-6-7-4-2-1-3-5-7/h5-9H,4H2,1-3H3;1-5,8H,6H2. The Hall–Kier alpha value is -1.80. The molecule has 0 aromatic heterocycles. The third-order valence-corrected chi connectivity index (χ3v) is 2.88. The minimum Gasteiger partial charge on any atom is -0.494 e. The van der Waals surface area contributed by atoms with Crippen LogP contribution >= 0.6 is 0 Å². The maximum absolute atomic E-state index is 8.54. The largest absolute Gasteiger partial charge is 0.494 e. The predicted octanol–water partition coefficient (Wildman–Crippen LogP) is 4.39. The van der Waals surface area contributed by atoms with Gasteiger partial charge in [-0.2, -0.15) is 0 Å². The van der Waals surface area contributed by atoms with Crippen molar-refractivity contribution in [2.24, 2.45) is 0 Å². The van der Waals surface area contributed by atoms with E-state index in [0.29, 0.717) is 5.92 Å². The van der Waals surface area contributed by atoms with Crippen LogP contribution in [0.15, 0.2) is 54.6 Å². The van der Waals surface area contributed by atoms with Crippen LogP contribution < -0.4 is 4.74 Å². The second-order valence-corrected chi connectivity index (χ2v) is 4.80. The Kier molecular flexibility index (Phi) is 7.44. The van der Waals surface area contributed by atoms with Gasteiger partial charge >= 0.3 is 0 Å². The van der Waals surface area contributed by atoms with Crippen molar-refractivity contribution in [3.63, 3.8) is 0 Å². The molecule has 0 radical (unpaired) electrons. The minimum absolute atomic E-state index is 0.140. The van der Waals surface area contributed by atoms with E-state index in [2.05, 4.69) is 26.0 Å². The monoisotopic (exact) mass is 272 g/mol. The van der Waals surface area contributed by atoms with Gasteiger partial charge in [-0.1, -0.05) is 56.3 Å². The molecule has 0 amide bonds. The summed E-state index contributed by atoms with van der Waals surface area (Å²) in [6, 6.07) is 17.8. The molecule has 0 atom stereocenters. The van der Waals surface area contributed by atoms with Crippen molar-refractivity contribution < 1.29 is 9.84 Å². The van der Waals surface area contributed by atoms with Crippen LogP contribution in [0.25, 0.3) is 0 Å². The molecule has 2 aromatic rings. The number of benzene rings is 2. The first kappa shape index (κ1) is 16.3. The van der Waals surface area contributed by atoms with Gasteiger partial charge < -0.3 is 9.84 Å². The van der Waals surface area contributed by atoms with E-state index < -0.39 is 0 Å². The van der Waals surface area contributed by atoms with E-state index in [1.54, 1.807) is 0 Å². The van der Waals surface area contributed by atoms with Gasteiger partial charge in [-0.25, -0.2) is 0 Å². The molecule has 2 nitrogen and oxygen atoms in total. The molecule has 0 fully saturated rings. The van der Waals surface area contributed by atoms with Gasteiger partial charge in [0.1, 0.15) is 5.75 Å². The maximum Gasteiger partial charge on any atom is 0.119 e. The molecular formula is C18H24O2. The lowest BCUT2D eigenvalue weighted by Crippen LogP contribution is -1.92. The van der Waals surface area contributed by atoms with Gasteiger partial charge in [0.25, 0.3) is 0 Å². The fourth-order valence-corrected chi connectivity index (χ4v) is 1.70. The van der Waals surface area contributed by atoms with Gasteiger partial charge in [0, 0.05) is 0 Å². The Morgan fingerprint density at radius 2 is 1.55 bits per heavy atom. The van der Waals surface area contributed by atoms with Crippen LogP contribution in [0.2, 0.25) is 0 Å². The van der Waals surface area contributed by atoms with E-state index in [0.717, 1.165) is 17.9 Å². The number of rotatable bonds is 4. The molecule has 0 aliphatic carbocycles. The molecular weight excluding hydrogens is 248 g/mol. The number of hydrogen-bond donors (Lipinski definition) is 1. The summed E-state index contributed by atoms with van der Waals surface area (Å²) in [7, 11) is 0. The van der Waals surface area contributed by atoms with Crippen molar-refractivity contribution in [2.45, 2.75) is 33.3 Å². The predicted molar refractivity (Wildman–Crippen MR) is 84.1 cm³/mol. The summed E-state index contributed by atoms with van der Waals surface area (Å²) in [5.41, 5.74) is 2.32. The third-order valence-electron chi connectivity index (χ3n) is 2.88. The average molecular weight is 272 g/mol. The van der Waals surface area contributed by atoms with Crippen LogP contribution in [0.1, 0.15) is 37.8 Å². The Morgan fingerprint density at radius 1 is 0.950 bits per heavy atom. The molecule has 0 aliphatic rings. The first-order chi connectivity index (χ1) is 9.67. The van der Waals surface area contributed by atoms with Crippen LogP contribution in [-0.2, 0) is 6.61 Å². The summed E-state index contributed by atoms with van der Waals surface area (Å²) in [6.45, 7) is 7.25. The van der Waals surface area contributed by atoms with Crippen molar-refractivity contribution >= 4 is 0 Å². The molecule has 0 saturated carbocycles. The Bertz CT molecular complexity index is 461. The van der Waals surface area contributed by atoms with E-state index in [1.165, 1.54) is 5.56 Å². The van der Waals surface area contributed by atoms with Crippen LogP contribution in [0.5, 0.6) is 5.75 Å². The molecule has 0 aliphatic heterocycles. The van der Waals surface area contributed by atoms with Crippen LogP contribution in [0.4, 0.5) is 0 Å². The van der Waals surface area contributed by atoms with Gasteiger partial charge in [0.2, 0.25) is 0 Å². The lowest BCUT2D eigenvalue weighted by molar-refractivity contribution is 0.282. The molecule has 0 unspecified atom stereocenters. The van der Waals surface area contributed by atoms with Crippen LogP contribution in [0.3, 0.4) is 0 Å². The topological polar surface area (TPSA) is 29.5 Å². The molecule has 2 aromatic carbocycles. The van der Waals surface area contributed by atoms with Crippen molar-refractivity contribution in [3.05, 3.63) is 65.7 Å². The van der Waals surface area contributed by atoms with Crippen molar-refractivity contribution in [2.75, 3.05) is 6.61 Å². The Balaban J connectivity index is 0.000000217. The van der Waals surface area contributed by atoms with Gasteiger partial charge in [-0.05, 0) is 36.1 Å². The first-order valence-corrected chi connectivity index (χ1v) is 7.05. The highest BCUT2D eigenvalue weighted by Gasteiger charge is 1.97. The fourth-order valence-electron chi connectivity index (χ4n) is 1.70. The molecule has 0 saturated heterocycles. The Morgan fingerprint density at radius 3 is 1.95 bits per heavy atom. The zero-order valence-corrected chi connectivity index (χ0v) is 12.5. The number of ether oxygens (including phenoxy) is 1. The zero-order chi connectivity index (χ0) is 14.8. The molecule has 0 bridgehead atoms. The molecule has 2 rings (SSSR count). The van der Waals surface area contributed by atoms with Gasteiger partial charge in [0.05, 0.1) is 13.2 Å². The molecule has 2 heteroatoms. The zero-order valence-electron chi connectivity index (χ0n) is 12.5. The highest BCUT2D eigenvalue weighted by molar-refractivity contribution is 5.28. The lowest BCUT2D eigenvalue weighted by Gasteiger charge is -2.06. The fraction of sp³-hybridized carbons (Fsp3) is 0.333. The van der Waals surface area contributed by atoms with E-state index in [1.807, 2.05) is 49.4 Å². The molecule has 1 N–H and O–H groups in total. The highest BCUT2D eigenvalue weighted by atomic mass is 16.5. The molecule has 0 spiro atoms. The summed E-state index contributed by atoms with van der Waals surface area (Å²) in [4.78, 5) is 0. The number of hydrogen-bond acceptors (Lipinski definition) is 2. The summed E-state index contributed by atoms with van der Waals surface area (Å²) in [5, 5.41) is 8.54. The SMILES string of the molecule is CCOc1ccc(C(C)C)cc1.OCc1ccccc1. The minimum atomic E-state index is 0.140. The second kappa shape index (κ2) is 9.16. The summed E-state index contributed by atoms with van der Waals surface area (Å²) in [6.07, 6.45) is 0. The van der Waals surface area contributed by atoms with Gasteiger partial charge in [0.15, 0.2) is 0 Å². The van der Waals surface area contributed by atoms with Crippen molar-refractivity contribution in [1.29, 1.82) is 0 Å². The van der Waals surface area contributed by atoms with Crippen molar-refractivity contribution in [1.82, 2.24) is 0 Å². The summed E-state index contributed by atoms with van der Waals surface area (Å²) in [5.74, 6) is 1.56. The summed E-state index contributed by atoms with van der Waals surface area (Å²) >= 11 is 0. The van der Waals surface area contributed by atoms with E-state index in [9.17, 15) is 0 Å². The first-order valence-electron chi connectivity index (χ1n) is 7.05. The van der Waals surface area contributed by atoms with Gasteiger partial charge in [-0.15, -0.1) is 0 Å². The van der Waals surface area contributed by atoms with Gasteiger partial charge in [-0.3, -0.25) is 0 Å². The number of aliphatic hydroxyl groups is 1. The number of aliphatic hydroxyl groups excluding tert-OH is 1. The average Bonchev–Trinajstić information content (AvgIpc) is 2.49. The molecule has 108 valence electrons. The second-order valence-electron chi connectivity index (χ2n) is 4.80. The van der Waals surface area contributed by atoms with E-state index in [4.69, 9.17) is 9.84 Å². The molecule has 0 heterocycles.